The normalized spacial score (nSPS) is 15.4. The van der Waals surface area contributed by atoms with Crippen LogP contribution in [0.15, 0.2) is 51.9 Å². The highest BCUT2D eigenvalue weighted by Gasteiger charge is 2.30. The first kappa shape index (κ1) is 23.8. The molecular formula is C26H30N6O4. The van der Waals surface area contributed by atoms with E-state index in [-0.39, 0.29) is 11.6 Å². The van der Waals surface area contributed by atoms with Crippen LogP contribution in [0.2, 0.25) is 0 Å². The molecule has 0 fully saturated rings. The van der Waals surface area contributed by atoms with E-state index in [0.29, 0.717) is 38.3 Å². The van der Waals surface area contributed by atoms with Gasteiger partial charge >= 0.3 is 6.09 Å². The first-order valence-electron chi connectivity index (χ1n) is 12.2. The quantitative estimate of drug-likeness (QED) is 0.364. The van der Waals surface area contributed by atoms with Crippen LogP contribution in [0.4, 0.5) is 10.5 Å². The second-order valence-corrected chi connectivity index (χ2v) is 9.24. The lowest BCUT2D eigenvalue weighted by Crippen LogP contribution is -2.41. The summed E-state index contributed by atoms with van der Waals surface area (Å²) in [5, 5.41) is 17.1. The number of pyridine rings is 1. The van der Waals surface area contributed by atoms with E-state index in [1.165, 1.54) is 4.90 Å². The molecule has 0 bridgehead atoms. The number of benzene rings is 1. The average molecular weight is 491 g/mol. The largest absolute Gasteiger partial charge is 0.465 e. The fraction of sp³-hybridized carbons (Fsp3) is 0.385. The summed E-state index contributed by atoms with van der Waals surface area (Å²) >= 11 is 0. The van der Waals surface area contributed by atoms with Gasteiger partial charge in [0.2, 0.25) is 0 Å². The number of hydrogen-bond donors (Lipinski definition) is 2. The van der Waals surface area contributed by atoms with Crippen LogP contribution in [0.1, 0.15) is 36.2 Å². The van der Waals surface area contributed by atoms with Crippen molar-refractivity contribution < 1.29 is 14.4 Å². The maximum absolute atomic E-state index is 12.2. The Kier molecular flexibility index (Phi) is 6.60. The maximum Gasteiger partial charge on any atom is 0.412 e. The molecule has 188 valence electrons. The lowest BCUT2D eigenvalue weighted by Gasteiger charge is -2.33. The highest BCUT2D eigenvalue weighted by atomic mass is 16.5. The number of carbonyl (C=O) groups is 1. The number of amides is 1. The lowest BCUT2D eigenvalue weighted by atomic mass is 9.96. The first-order chi connectivity index (χ1) is 17.4. The van der Waals surface area contributed by atoms with Crippen molar-refractivity contribution in [3.8, 4) is 0 Å². The predicted octanol–water partition coefficient (Wildman–Crippen LogP) is 3.35. The summed E-state index contributed by atoms with van der Waals surface area (Å²) in [6.07, 6.45) is 2.93. The highest BCUT2D eigenvalue weighted by molar-refractivity contribution is 5.94. The van der Waals surface area contributed by atoms with E-state index < -0.39 is 6.09 Å². The molecule has 5 rings (SSSR count). The molecule has 4 heterocycles. The van der Waals surface area contributed by atoms with E-state index in [2.05, 4.69) is 15.0 Å². The van der Waals surface area contributed by atoms with Crippen molar-refractivity contribution in [2.24, 2.45) is 0 Å². The minimum absolute atomic E-state index is 0.0485. The third-order valence-corrected chi connectivity index (χ3v) is 6.76. The number of nitrogens with one attached hydrogen (secondary N) is 1. The number of imidazole rings is 1. The molecule has 1 amide bonds. The summed E-state index contributed by atoms with van der Waals surface area (Å²) in [6, 6.07) is 10.8. The van der Waals surface area contributed by atoms with E-state index >= 15 is 0 Å². The second kappa shape index (κ2) is 9.98. The number of rotatable bonds is 8. The Labute approximate surface area is 208 Å². The van der Waals surface area contributed by atoms with Crippen LogP contribution in [0.25, 0.3) is 11.0 Å². The molecule has 1 aliphatic rings. The Balaban J connectivity index is 1.45. The molecule has 0 spiro atoms. The van der Waals surface area contributed by atoms with E-state index in [9.17, 15) is 14.7 Å². The number of aryl methyl sites for hydroxylation is 4. The molecule has 10 nitrogen and oxygen atoms in total. The van der Waals surface area contributed by atoms with Gasteiger partial charge in [0.25, 0.3) is 5.56 Å². The van der Waals surface area contributed by atoms with Crippen molar-refractivity contribution in [3.05, 3.63) is 75.8 Å². The van der Waals surface area contributed by atoms with Gasteiger partial charge in [-0.05, 0) is 44.9 Å². The molecule has 0 radical (unpaired) electrons. The van der Waals surface area contributed by atoms with Crippen LogP contribution in [0.5, 0.6) is 0 Å². The molecular weight excluding hydrogens is 460 g/mol. The van der Waals surface area contributed by atoms with E-state index in [1.807, 2.05) is 38.1 Å². The molecule has 3 aromatic heterocycles. The topological polar surface area (TPSA) is 118 Å². The minimum Gasteiger partial charge on any atom is -0.465 e. The van der Waals surface area contributed by atoms with Gasteiger partial charge in [-0.2, -0.15) is 0 Å². The third-order valence-electron chi connectivity index (χ3n) is 6.76. The summed E-state index contributed by atoms with van der Waals surface area (Å²) in [6.45, 7) is 6.25. The van der Waals surface area contributed by atoms with Gasteiger partial charge in [0, 0.05) is 56.0 Å². The van der Waals surface area contributed by atoms with Crippen LogP contribution in [0, 0.1) is 6.92 Å². The molecule has 2 N–H and O–H groups in total. The lowest BCUT2D eigenvalue weighted by molar-refractivity contribution is 0.198. The third kappa shape index (κ3) is 4.64. The van der Waals surface area contributed by atoms with Crippen LogP contribution in [-0.2, 0) is 32.5 Å². The van der Waals surface area contributed by atoms with Gasteiger partial charge in [-0.1, -0.05) is 11.2 Å². The second-order valence-electron chi connectivity index (χ2n) is 9.24. The van der Waals surface area contributed by atoms with E-state index in [0.717, 1.165) is 46.7 Å². The van der Waals surface area contributed by atoms with Crippen LogP contribution >= 0.6 is 0 Å². The molecule has 0 saturated heterocycles. The Hall–Kier alpha value is -3.92. The van der Waals surface area contributed by atoms with Crippen molar-refractivity contribution in [2.75, 3.05) is 11.4 Å². The number of fused-ring (bicyclic) bond motifs is 3. The smallest absolute Gasteiger partial charge is 0.412 e. The molecule has 36 heavy (non-hydrogen) atoms. The zero-order valence-corrected chi connectivity index (χ0v) is 20.5. The van der Waals surface area contributed by atoms with Crippen LogP contribution in [-0.4, -0.2) is 43.1 Å². The first-order valence-corrected chi connectivity index (χ1v) is 12.2. The van der Waals surface area contributed by atoms with E-state index in [1.54, 1.807) is 22.9 Å². The van der Waals surface area contributed by atoms with Crippen molar-refractivity contribution in [1.82, 2.24) is 24.6 Å². The van der Waals surface area contributed by atoms with Gasteiger partial charge in [-0.3, -0.25) is 9.69 Å². The van der Waals surface area contributed by atoms with Gasteiger partial charge in [0.05, 0.1) is 29.0 Å². The summed E-state index contributed by atoms with van der Waals surface area (Å²) < 4.78 is 9.13. The number of nitrogens with zero attached hydrogens (tertiary/aromatic N) is 5. The average Bonchev–Trinajstić information content (AvgIpc) is 3.43. The van der Waals surface area contributed by atoms with Gasteiger partial charge in [-0.25, -0.2) is 9.78 Å². The van der Waals surface area contributed by atoms with Crippen LogP contribution in [0.3, 0.4) is 0 Å². The summed E-state index contributed by atoms with van der Waals surface area (Å²) in [5.41, 5.74) is 4.29. The molecule has 0 unspecified atom stereocenters. The van der Waals surface area contributed by atoms with Crippen LogP contribution < -0.4 is 15.8 Å². The zero-order chi connectivity index (χ0) is 25.2. The summed E-state index contributed by atoms with van der Waals surface area (Å²) in [7, 11) is 0. The van der Waals surface area contributed by atoms with Crippen molar-refractivity contribution in [2.45, 2.75) is 58.8 Å². The molecule has 1 aromatic carbocycles. The maximum atomic E-state index is 12.2. The van der Waals surface area contributed by atoms with Crippen molar-refractivity contribution in [3.63, 3.8) is 0 Å². The van der Waals surface area contributed by atoms with Crippen molar-refractivity contribution >= 4 is 22.8 Å². The SMILES string of the molecule is Cc1cc(CNCCn2c(CCn3ccccc3=O)nc3c4c(ccc32)N(C(=O)O)[C@@H](C)CC4)on1. The molecule has 1 atom stereocenters. The molecule has 1 aliphatic heterocycles. The van der Waals surface area contributed by atoms with Crippen molar-refractivity contribution in [1.29, 1.82) is 0 Å². The Morgan fingerprint density at radius 1 is 1.25 bits per heavy atom. The standard InChI is InChI=1S/C26H30N6O4/c1-17-15-19(36-29-17)16-27-11-14-31-22-9-8-21-20(7-6-18(2)32(21)26(34)35)25(22)28-23(31)10-13-30-12-4-3-5-24(30)33/h3-5,8-9,12,15,18,27H,6-7,10-11,13-14,16H2,1-2H3,(H,34,35)/t18-/m0/s1. The highest BCUT2D eigenvalue weighted by Crippen LogP contribution is 2.36. The van der Waals surface area contributed by atoms with Gasteiger partial charge in [-0.15, -0.1) is 0 Å². The number of carboxylic acid groups (broad SMARTS) is 1. The molecule has 4 aromatic rings. The fourth-order valence-corrected chi connectivity index (χ4v) is 4.98. The summed E-state index contributed by atoms with van der Waals surface area (Å²) in [5.74, 6) is 1.65. The van der Waals surface area contributed by atoms with Gasteiger partial charge in [0.15, 0.2) is 5.76 Å². The van der Waals surface area contributed by atoms with Gasteiger partial charge < -0.3 is 24.1 Å². The summed E-state index contributed by atoms with van der Waals surface area (Å²) in [4.78, 5) is 30.6. The van der Waals surface area contributed by atoms with Gasteiger partial charge in [0.1, 0.15) is 5.82 Å². The number of anilines is 1. The minimum atomic E-state index is -0.947. The zero-order valence-electron chi connectivity index (χ0n) is 20.5. The van der Waals surface area contributed by atoms with E-state index in [4.69, 9.17) is 9.51 Å². The monoisotopic (exact) mass is 490 g/mol. The predicted molar refractivity (Wildman–Crippen MR) is 135 cm³/mol. The Morgan fingerprint density at radius 3 is 2.86 bits per heavy atom. The Bertz CT molecular complexity index is 1450. The molecule has 10 heteroatoms. The fourth-order valence-electron chi connectivity index (χ4n) is 4.98. The number of aromatic nitrogens is 4. The molecule has 0 saturated carbocycles. The molecule has 0 aliphatic carbocycles. The number of hydrogen-bond acceptors (Lipinski definition) is 6. The Morgan fingerprint density at radius 2 is 2.11 bits per heavy atom.